The lowest BCUT2D eigenvalue weighted by atomic mass is 9.93. The molecule has 0 amide bonds. The second-order valence-electron chi connectivity index (χ2n) is 4.67. The molecule has 1 aliphatic heterocycles. The van der Waals surface area contributed by atoms with E-state index in [9.17, 15) is 9.90 Å². The predicted octanol–water partition coefficient (Wildman–Crippen LogP) is 1.93. The molecule has 1 aromatic carbocycles. The van der Waals surface area contributed by atoms with Crippen LogP contribution in [0.2, 0.25) is 0 Å². The van der Waals surface area contributed by atoms with Crippen molar-refractivity contribution in [2.45, 2.75) is 38.4 Å². The van der Waals surface area contributed by atoms with Crippen LogP contribution in [0.5, 0.6) is 0 Å². The van der Waals surface area contributed by atoms with Crippen molar-refractivity contribution in [3.8, 4) is 0 Å². The van der Waals surface area contributed by atoms with Gasteiger partial charge in [-0.2, -0.15) is 0 Å². The molecular weight excluding hydrogens is 216 g/mol. The van der Waals surface area contributed by atoms with Gasteiger partial charge in [-0.3, -0.25) is 4.79 Å². The number of aryl methyl sites for hydroxylation is 1. The van der Waals surface area contributed by atoms with E-state index in [1.165, 1.54) is 5.56 Å². The maximum atomic E-state index is 11.4. The van der Waals surface area contributed by atoms with Crippen molar-refractivity contribution in [3.63, 3.8) is 0 Å². The van der Waals surface area contributed by atoms with Gasteiger partial charge in [0.2, 0.25) is 0 Å². The molecule has 0 aromatic heterocycles. The highest BCUT2D eigenvalue weighted by Gasteiger charge is 2.33. The van der Waals surface area contributed by atoms with Gasteiger partial charge in [0, 0.05) is 6.42 Å². The van der Waals surface area contributed by atoms with Crippen molar-refractivity contribution in [3.05, 3.63) is 35.9 Å². The molecular formula is C14H18O3. The van der Waals surface area contributed by atoms with Crippen molar-refractivity contribution < 1.29 is 14.6 Å². The fourth-order valence-corrected chi connectivity index (χ4v) is 2.10. The summed E-state index contributed by atoms with van der Waals surface area (Å²) in [6, 6.07) is 10.1. The molecule has 1 saturated heterocycles. The second kappa shape index (κ2) is 5.32. The van der Waals surface area contributed by atoms with Gasteiger partial charge < -0.3 is 9.84 Å². The number of aliphatic hydroxyl groups excluding tert-OH is 1. The van der Waals surface area contributed by atoms with E-state index in [-0.39, 0.29) is 18.0 Å². The van der Waals surface area contributed by atoms with Crippen molar-refractivity contribution in [1.29, 1.82) is 0 Å². The lowest BCUT2D eigenvalue weighted by molar-refractivity contribution is -0.168. The molecule has 0 saturated carbocycles. The molecule has 17 heavy (non-hydrogen) atoms. The van der Waals surface area contributed by atoms with Gasteiger partial charge in [0.05, 0.1) is 12.0 Å². The van der Waals surface area contributed by atoms with Gasteiger partial charge >= 0.3 is 5.97 Å². The van der Waals surface area contributed by atoms with Gasteiger partial charge in [-0.1, -0.05) is 30.3 Å². The Bertz CT molecular complexity index is 374. The molecule has 0 bridgehead atoms. The van der Waals surface area contributed by atoms with Gasteiger partial charge in [0.1, 0.15) is 6.10 Å². The topological polar surface area (TPSA) is 46.5 Å². The lowest BCUT2D eigenvalue weighted by Crippen LogP contribution is -2.39. The number of benzene rings is 1. The summed E-state index contributed by atoms with van der Waals surface area (Å²) in [5.41, 5.74) is 1.23. The number of carbonyl (C=O) groups excluding carboxylic acids is 1. The quantitative estimate of drug-likeness (QED) is 0.813. The summed E-state index contributed by atoms with van der Waals surface area (Å²) in [7, 11) is 0. The average Bonchev–Trinajstić information content (AvgIpc) is 2.34. The monoisotopic (exact) mass is 234 g/mol. The Morgan fingerprint density at radius 2 is 2.06 bits per heavy atom. The normalized spacial score (nSPS) is 28.8. The highest BCUT2D eigenvalue weighted by molar-refractivity contribution is 5.73. The average molecular weight is 234 g/mol. The van der Waals surface area contributed by atoms with Gasteiger partial charge in [-0.25, -0.2) is 0 Å². The third-order valence-corrected chi connectivity index (χ3v) is 3.33. The molecule has 3 atom stereocenters. The Labute approximate surface area is 101 Å². The van der Waals surface area contributed by atoms with Crippen LogP contribution < -0.4 is 0 Å². The van der Waals surface area contributed by atoms with Gasteiger partial charge in [-0.15, -0.1) is 0 Å². The van der Waals surface area contributed by atoms with E-state index in [0.717, 1.165) is 12.8 Å². The molecule has 1 heterocycles. The molecule has 92 valence electrons. The van der Waals surface area contributed by atoms with E-state index in [1.807, 2.05) is 18.2 Å². The third kappa shape index (κ3) is 3.07. The molecule has 1 aromatic rings. The smallest absolute Gasteiger partial charge is 0.311 e. The fourth-order valence-electron chi connectivity index (χ4n) is 2.10. The first kappa shape index (κ1) is 12.1. The predicted molar refractivity (Wildman–Crippen MR) is 64.4 cm³/mol. The molecule has 0 radical (unpaired) electrons. The number of rotatable bonds is 3. The first-order valence-corrected chi connectivity index (χ1v) is 6.09. The van der Waals surface area contributed by atoms with Crippen LogP contribution >= 0.6 is 0 Å². The van der Waals surface area contributed by atoms with Gasteiger partial charge in [-0.05, 0) is 25.3 Å². The van der Waals surface area contributed by atoms with E-state index < -0.39 is 6.10 Å². The van der Waals surface area contributed by atoms with Gasteiger partial charge in [0.15, 0.2) is 0 Å². The molecule has 1 fully saturated rings. The van der Waals surface area contributed by atoms with E-state index in [2.05, 4.69) is 12.1 Å². The molecule has 1 N–H and O–H groups in total. The lowest BCUT2D eigenvalue weighted by Gasteiger charge is -2.30. The standard InChI is InChI=1S/C14H18O3/c1-10-13(15)9-12(17-14(10)16)8-7-11-5-3-2-4-6-11/h2-6,10,12-13,15H,7-9H2,1H3/t10-,12-,13?/m1/s1. The van der Waals surface area contributed by atoms with E-state index in [1.54, 1.807) is 6.92 Å². The van der Waals surface area contributed by atoms with Crippen LogP contribution in [0.1, 0.15) is 25.3 Å². The summed E-state index contributed by atoms with van der Waals surface area (Å²) in [4.78, 5) is 11.4. The largest absolute Gasteiger partial charge is 0.462 e. The van der Waals surface area contributed by atoms with Crippen molar-refractivity contribution in [2.24, 2.45) is 5.92 Å². The Kier molecular flexibility index (Phi) is 3.79. The van der Waals surface area contributed by atoms with Crippen LogP contribution in [-0.4, -0.2) is 23.3 Å². The summed E-state index contributed by atoms with van der Waals surface area (Å²) in [5, 5.41) is 9.71. The number of aliphatic hydroxyl groups is 1. The zero-order chi connectivity index (χ0) is 12.3. The SMILES string of the molecule is C[C@H]1C(=O)O[C@H](CCc2ccccc2)CC1O. The van der Waals surface area contributed by atoms with Crippen LogP contribution in [-0.2, 0) is 16.0 Å². The number of cyclic esters (lactones) is 1. The van der Waals surface area contributed by atoms with Crippen LogP contribution in [0, 0.1) is 5.92 Å². The molecule has 2 rings (SSSR count). The van der Waals surface area contributed by atoms with Crippen molar-refractivity contribution in [2.75, 3.05) is 0 Å². The van der Waals surface area contributed by atoms with Crippen molar-refractivity contribution in [1.82, 2.24) is 0 Å². The zero-order valence-electron chi connectivity index (χ0n) is 10.0. The van der Waals surface area contributed by atoms with Gasteiger partial charge in [0.25, 0.3) is 0 Å². The number of hydrogen-bond donors (Lipinski definition) is 1. The first-order chi connectivity index (χ1) is 8.16. The first-order valence-electron chi connectivity index (χ1n) is 6.09. The number of ether oxygens (including phenoxy) is 1. The summed E-state index contributed by atoms with van der Waals surface area (Å²) in [5.74, 6) is -0.662. The molecule has 3 heteroatoms. The van der Waals surface area contributed by atoms with Crippen LogP contribution in [0.15, 0.2) is 30.3 Å². The number of hydrogen-bond acceptors (Lipinski definition) is 3. The Hall–Kier alpha value is -1.35. The van der Waals surface area contributed by atoms with Crippen LogP contribution in [0.25, 0.3) is 0 Å². The van der Waals surface area contributed by atoms with E-state index in [0.29, 0.717) is 6.42 Å². The number of carbonyl (C=O) groups is 1. The summed E-state index contributed by atoms with van der Waals surface area (Å²) < 4.78 is 5.29. The minimum Gasteiger partial charge on any atom is -0.462 e. The highest BCUT2D eigenvalue weighted by Crippen LogP contribution is 2.23. The zero-order valence-corrected chi connectivity index (χ0v) is 10.0. The maximum absolute atomic E-state index is 11.4. The minimum absolute atomic E-state index is 0.145. The third-order valence-electron chi connectivity index (χ3n) is 3.33. The minimum atomic E-state index is -0.558. The Morgan fingerprint density at radius 1 is 1.35 bits per heavy atom. The second-order valence-corrected chi connectivity index (χ2v) is 4.67. The summed E-state index contributed by atoms with van der Waals surface area (Å²) in [6.07, 6.45) is 1.50. The maximum Gasteiger partial charge on any atom is 0.311 e. The fraction of sp³-hybridized carbons (Fsp3) is 0.500. The van der Waals surface area contributed by atoms with Crippen molar-refractivity contribution >= 4 is 5.97 Å². The number of esters is 1. The molecule has 1 aliphatic rings. The molecule has 3 nitrogen and oxygen atoms in total. The molecule has 0 aliphatic carbocycles. The summed E-state index contributed by atoms with van der Waals surface area (Å²) >= 11 is 0. The molecule has 1 unspecified atom stereocenters. The molecule has 0 spiro atoms. The highest BCUT2D eigenvalue weighted by atomic mass is 16.5. The summed E-state index contributed by atoms with van der Waals surface area (Å²) in [6.45, 7) is 1.71. The van der Waals surface area contributed by atoms with Crippen LogP contribution in [0.4, 0.5) is 0 Å². The van der Waals surface area contributed by atoms with Crippen LogP contribution in [0.3, 0.4) is 0 Å². The Morgan fingerprint density at radius 3 is 2.71 bits per heavy atom. The van der Waals surface area contributed by atoms with E-state index in [4.69, 9.17) is 4.74 Å². The Balaban J connectivity index is 1.86. The van der Waals surface area contributed by atoms with E-state index >= 15 is 0 Å².